The molecule has 0 radical (unpaired) electrons. The van der Waals surface area contributed by atoms with Crippen LogP contribution in [0.2, 0.25) is 0 Å². The maximum atomic E-state index is 5.28. The van der Waals surface area contributed by atoms with E-state index in [-0.39, 0.29) is 0 Å². The molecule has 25 heavy (non-hydrogen) atoms. The molecular weight excluding hydrogens is 314 g/mol. The number of nitrogens with zero attached hydrogens (tertiary/aromatic N) is 2. The Morgan fingerprint density at radius 2 is 2.20 bits per heavy atom. The van der Waals surface area contributed by atoms with Gasteiger partial charge in [0.05, 0.1) is 12.2 Å². The molecular formula is C19H25N5O. The summed E-state index contributed by atoms with van der Waals surface area (Å²) in [6, 6.07) is 8.31. The number of hydrogen-bond acceptors (Lipinski definition) is 3. The Hall–Kier alpha value is -2.76. The second-order valence-electron chi connectivity index (χ2n) is 6.05. The van der Waals surface area contributed by atoms with E-state index in [1.54, 1.807) is 7.05 Å². The fourth-order valence-corrected chi connectivity index (χ4v) is 2.96. The lowest BCUT2D eigenvalue weighted by Gasteiger charge is -2.10. The average molecular weight is 339 g/mol. The highest BCUT2D eigenvalue weighted by Crippen LogP contribution is 2.22. The van der Waals surface area contributed by atoms with Crippen molar-refractivity contribution in [2.45, 2.75) is 33.2 Å². The molecule has 0 saturated carbocycles. The number of aliphatic imine (C=N–C) groups is 1. The molecule has 6 heteroatoms. The molecule has 132 valence electrons. The maximum Gasteiger partial charge on any atom is 0.191 e. The van der Waals surface area contributed by atoms with Gasteiger partial charge in [-0.1, -0.05) is 24.2 Å². The quantitative estimate of drug-likeness (QED) is 0.477. The summed E-state index contributed by atoms with van der Waals surface area (Å²) < 4.78 is 5.28. The molecule has 0 aliphatic rings. The molecule has 3 N–H and O–H groups in total. The molecule has 0 amide bonds. The summed E-state index contributed by atoms with van der Waals surface area (Å²) in [6.45, 7) is 5.58. The minimum Gasteiger partial charge on any atom is -0.361 e. The molecule has 2 aromatic heterocycles. The third kappa shape index (κ3) is 4.02. The molecule has 0 spiro atoms. The number of guanidine groups is 1. The Kier molecular flexibility index (Phi) is 5.38. The number of aromatic nitrogens is 2. The average Bonchev–Trinajstić information content (AvgIpc) is 3.25. The van der Waals surface area contributed by atoms with E-state index in [2.05, 4.69) is 64.0 Å². The van der Waals surface area contributed by atoms with E-state index in [9.17, 15) is 0 Å². The maximum absolute atomic E-state index is 5.28. The summed E-state index contributed by atoms with van der Waals surface area (Å²) in [5.74, 6) is 1.57. The van der Waals surface area contributed by atoms with Gasteiger partial charge in [0.2, 0.25) is 0 Å². The van der Waals surface area contributed by atoms with Gasteiger partial charge in [-0.3, -0.25) is 4.99 Å². The van der Waals surface area contributed by atoms with Crippen molar-refractivity contribution in [3.05, 3.63) is 53.0 Å². The van der Waals surface area contributed by atoms with Crippen molar-refractivity contribution >= 4 is 16.9 Å². The normalized spacial score (nSPS) is 11.9. The molecule has 0 saturated heterocycles. The zero-order valence-corrected chi connectivity index (χ0v) is 15.0. The van der Waals surface area contributed by atoms with Crippen LogP contribution >= 0.6 is 0 Å². The summed E-state index contributed by atoms with van der Waals surface area (Å²) in [5, 5.41) is 11.9. The van der Waals surface area contributed by atoms with Crippen molar-refractivity contribution in [2.75, 3.05) is 13.6 Å². The predicted octanol–water partition coefficient (Wildman–Crippen LogP) is 2.93. The van der Waals surface area contributed by atoms with Gasteiger partial charge in [-0.25, -0.2) is 0 Å². The highest BCUT2D eigenvalue weighted by atomic mass is 16.5. The molecule has 6 nitrogen and oxygen atoms in total. The van der Waals surface area contributed by atoms with Crippen LogP contribution in [0.4, 0.5) is 0 Å². The van der Waals surface area contributed by atoms with Crippen molar-refractivity contribution in [2.24, 2.45) is 4.99 Å². The van der Waals surface area contributed by atoms with E-state index in [0.29, 0.717) is 6.54 Å². The van der Waals surface area contributed by atoms with Crippen molar-refractivity contribution in [1.29, 1.82) is 0 Å². The van der Waals surface area contributed by atoms with Gasteiger partial charge in [0.15, 0.2) is 11.7 Å². The molecule has 2 heterocycles. The Morgan fingerprint density at radius 1 is 1.32 bits per heavy atom. The van der Waals surface area contributed by atoms with Gasteiger partial charge in [0.25, 0.3) is 0 Å². The van der Waals surface area contributed by atoms with E-state index in [0.717, 1.165) is 36.8 Å². The zero-order chi connectivity index (χ0) is 17.6. The molecule has 0 atom stereocenters. The molecule has 0 bridgehead atoms. The SMILES string of the molecule is CCc1cc(CNC(=NC)NCCc2c[nH]c3cccc(C)c23)on1. The first kappa shape index (κ1) is 17.1. The summed E-state index contributed by atoms with van der Waals surface area (Å²) >= 11 is 0. The van der Waals surface area contributed by atoms with E-state index >= 15 is 0 Å². The molecule has 0 fully saturated rings. The largest absolute Gasteiger partial charge is 0.361 e. The van der Waals surface area contributed by atoms with E-state index in [1.807, 2.05) is 6.07 Å². The van der Waals surface area contributed by atoms with Crippen LogP contribution < -0.4 is 10.6 Å². The van der Waals surface area contributed by atoms with Crippen molar-refractivity contribution in [3.63, 3.8) is 0 Å². The lowest BCUT2D eigenvalue weighted by molar-refractivity contribution is 0.374. The van der Waals surface area contributed by atoms with Gasteiger partial charge in [-0.05, 0) is 37.0 Å². The van der Waals surface area contributed by atoms with Gasteiger partial charge >= 0.3 is 0 Å². The second-order valence-corrected chi connectivity index (χ2v) is 6.05. The van der Waals surface area contributed by atoms with Crippen molar-refractivity contribution in [1.82, 2.24) is 20.8 Å². The number of aromatic amines is 1. The van der Waals surface area contributed by atoms with Crippen LogP contribution in [0.15, 0.2) is 40.0 Å². The molecule has 1 aromatic carbocycles. The number of hydrogen-bond donors (Lipinski definition) is 3. The van der Waals surface area contributed by atoms with Gasteiger partial charge in [-0.2, -0.15) is 0 Å². The number of fused-ring (bicyclic) bond motifs is 1. The summed E-state index contributed by atoms with van der Waals surface area (Å²) in [5.41, 5.74) is 4.77. The number of nitrogens with one attached hydrogen (secondary N) is 3. The molecule has 0 aliphatic carbocycles. The third-order valence-corrected chi connectivity index (χ3v) is 4.31. The molecule has 0 aliphatic heterocycles. The number of aryl methyl sites for hydroxylation is 2. The van der Waals surface area contributed by atoms with E-state index in [4.69, 9.17) is 4.52 Å². The van der Waals surface area contributed by atoms with Gasteiger partial charge in [-0.15, -0.1) is 0 Å². The second kappa shape index (κ2) is 7.88. The smallest absolute Gasteiger partial charge is 0.191 e. The monoisotopic (exact) mass is 339 g/mol. The predicted molar refractivity (Wildman–Crippen MR) is 101 cm³/mol. The highest BCUT2D eigenvalue weighted by Gasteiger charge is 2.07. The van der Waals surface area contributed by atoms with Crippen LogP contribution in [0.25, 0.3) is 10.9 Å². The standard InChI is InChI=1S/C19H25N5O/c1-4-15-10-16(25-24-15)12-23-19(20-3)21-9-8-14-11-22-17-7-5-6-13(2)18(14)17/h5-7,10-11,22H,4,8-9,12H2,1-3H3,(H2,20,21,23). The van der Waals surface area contributed by atoms with Gasteiger partial charge < -0.3 is 20.1 Å². The summed E-state index contributed by atoms with van der Waals surface area (Å²) in [4.78, 5) is 7.60. The highest BCUT2D eigenvalue weighted by molar-refractivity contribution is 5.86. The lowest BCUT2D eigenvalue weighted by Crippen LogP contribution is -2.37. The van der Waals surface area contributed by atoms with Crippen molar-refractivity contribution < 1.29 is 4.52 Å². The number of benzene rings is 1. The number of rotatable bonds is 6. The van der Waals surface area contributed by atoms with Gasteiger partial charge in [0, 0.05) is 36.8 Å². The van der Waals surface area contributed by atoms with E-state index < -0.39 is 0 Å². The zero-order valence-electron chi connectivity index (χ0n) is 15.0. The van der Waals surface area contributed by atoms with Crippen LogP contribution in [0.5, 0.6) is 0 Å². The Labute approximate surface area is 147 Å². The first-order valence-electron chi connectivity index (χ1n) is 8.65. The van der Waals surface area contributed by atoms with Crippen LogP contribution in [-0.2, 0) is 19.4 Å². The summed E-state index contributed by atoms with van der Waals surface area (Å²) in [6.07, 6.45) is 3.89. The fraction of sp³-hybridized carbons (Fsp3) is 0.368. The van der Waals surface area contributed by atoms with Gasteiger partial charge in [0.1, 0.15) is 0 Å². The first-order valence-corrected chi connectivity index (χ1v) is 8.65. The minimum absolute atomic E-state index is 0.568. The van der Waals surface area contributed by atoms with Crippen LogP contribution in [0, 0.1) is 6.92 Å². The van der Waals surface area contributed by atoms with E-state index in [1.165, 1.54) is 22.0 Å². The first-order chi connectivity index (χ1) is 12.2. The Bertz CT molecular complexity index is 862. The molecule has 0 unspecified atom stereocenters. The lowest BCUT2D eigenvalue weighted by atomic mass is 10.1. The molecule has 3 aromatic rings. The Morgan fingerprint density at radius 3 is 2.96 bits per heavy atom. The van der Waals surface area contributed by atoms with Crippen LogP contribution in [0.3, 0.4) is 0 Å². The fourth-order valence-electron chi connectivity index (χ4n) is 2.96. The summed E-state index contributed by atoms with van der Waals surface area (Å²) in [7, 11) is 1.77. The Balaban J connectivity index is 1.52. The van der Waals surface area contributed by atoms with Crippen LogP contribution in [0.1, 0.15) is 29.5 Å². The topological polar surface area (TPSA) is 78.2 Å². The molecule has 3 rings (SSSR count). The van der Waals surface area contributed by atoms with Crippen LogP contribution in [-0.4, -0.2) is 29.7 Å². The number of H-pyrrole nitrogens is 1. The van der Waals surface area contributed by atoms with Crippen molar-refractivity contribution in [3.8, 4) is 0 Å². The third-order valence-electron chi connectivity index (χ3n) is 4.31. The minimum atomic E-state index is 0.568.